The molecular weight excluding hydrogens is 238 g/mol. The molecule has 4 nitrogen and oxygen atoms in total. The van der Waals surface area contributed by atoms with Gasteiger partial charge in [0.2, 0.25) is 0 Å². The summed E-state index contributed by atoms with van der Waals surface area (Å²) in [6.07, 6.45) is 12.5. The van der Waals surface area contributed by atoms with E-state index < -0.39 is 0 Å². The van der Waals surface area contributed by atoms with E-state index in [1.54, 1.807) is 6.33 Å². The van der Waals surface area contributed by atoms with E-state index in [0.29, 0.717) is 6.10 Å². The van der Waals surface area contributed by atoms with Crippen LogP contribution < -0.4 is 0 Å². The first-order valence-electron chi connectivity index (χ1n) is 7.71. The lowest BCUT2D eigenvalue weighted by molar-refractivity contribution is -0.0442. The molecule has 106 valence electrons. The Hall–Kier alpha value is -0.870. The molecule has 0 unspecified atom stereocenters. The maximum atomic E-state index is 5.96. The van der Waals surface area contributed by atoms with Gasteiger partial charge in [-0.15, -0.1) is 0 Å². The van der Waals surface area contributed by atoms with Gasteiger partial charge in [-0.05, 0) is 12.3 Å². The van der Waals surface area contributed by atoms with Crippen molar-refractivity contribution in [1.82, 2.24) is 14.9 Å². The van der Waals surface area contributed by atoms with Crippen LogP contribution in [0.3, 0.4) is 0 Å². The van der Waals surface area contributed by atoms with Gasteiger partial charge in [0.1, 0.15) is 0 Å². The lowest BCUT2D eigenvalue weighted by Crippen LogP contribution is -2.42. The zero-order valence-corrected chi connectivity index (χ0v) is 11.7. The molecule has 1 saturated carbocycles. The van der Waals surface area contributed by atoms with E-state index in [1.165, 1.54) is 44.2 Å². The van der Waals surface area contributed by atoms with E-state index in [-0.39, 0.29) is 0 Å². The van der Waals surface area contributed by atoms with Crippen LogP contribution >= 0.6 is 0 Å². The molecule has 1 aliphatic heterocycles. The van der Waals surface area contributed by atoms with Crippen molar-refractivity contribution < 1.29 is 4.74 Å². The van der Waals surface area contributed by atoms with E-state index in [0.717, 1.165) is 32.2 Å². The van der Waals surface area contributed by atoms with Crippen LogP contribution in [0, 0.1) is 5.92 Å². The van der Waals surface area contributed by atoms with Crippen molar-refractivity contribution in [2.75, 3.05) is 19.7 Å². The maximum absolute atomic E-state index is 5.96. The monoisotopic (exact) mass is 263 g/mol. The van der Waals surface area contributed by atoms with Crippen LogP contribution in [0.25, 0.3) is 0 Å². The van der Waals surface area contributed by atoms with Crippen molar-refractivity contribution in [2.45, 2.75) is 51.2 Å². The topological polar surface area (TPSA) is 41.2 Å². The highest BCUT2D eigenvalue weighted by atomic mass is 16.5. The first-order valence-corrected chi connectivity index (χ1v) is 7.71. The normalized spacial score (nSPS) is 26.6. The number of ether oxygens (including phenoxy) is 1. The molecule has 0 amide bonds. The summed E-state index contributed by atoms with van der Waals surface area (Å²) in [5.41, 5.74) is 1.21. The molecule has 0 radical (unpaired) electrons. The third-order valence-electron chi connectivity index (χ3n) is 4.49. The summed E-state index contributed by atoms with van der Waals surface area (Å²) in [7, 11) is 0. The molecule has 0 bridgehead atoms. The summed E-state index contributed by atoms with van der Waals surface area (Å²) < 4.78 is 5.96. The number of aromatic nitrogens is 2. The Kier molecular flexibility index (Phi) is 4.51. The zero-order chi connectivity index (χ0) is 12.9. The second kappa shape index (κ2) is 6.53. The predicted molar refractivity (Wildman–Crippen MR) is 74.8 cm³/mol. The fourth-order valence-electron chi connectivity index (χ4n) is 3.47. The van der Waals surface area contributed by atoms with E-state index in [4.69, 9.17) is 4.74 Å². The lowest BCUT2D eigenvalue weighted by Gasteiger charge is -2.35. The average molecular weight is 263 g/mol. The molecule has 1 N–H and O–H groups in total. The molecule has 1 aliphatic carbocycles. The van der Waals surface area contributed by atoms with Crippen LogP contribution in [0.2, 0.25) is 0 Å². The van der Waals surface area contributed by atoms with Crippen LogP contribution in [0.15, 0.2) is 12.5 Å². The van der Waals surface area contributed by atoms with Gasteiger partial charge in [0, 0.05) is 31.5 Å². The van der Waals surface area contributed by atoms with Crippen molar-refractivity contribution in [1.29, 1.82) is 0 Å². The summed E-state index contributed by atoms with van der Waals surface area (Å²) in [6.45, 7) is 3.98. The minimum atomic E-state index is 0.444. The Morgan fingerprint density at radius 1 is 1.32 bits per heavy atom. The number of H-pyrrole nitrogens is 1. The van der Waals surface area contributed by atoms with E-state index in [9.17, 15) is 0 Å². The van der Waals surface area contributed by atoms with Gasteiger partial charge in [-0.3, -0.25) is 4.90 Å². The number of rotatable bonds is 4. The molecule has 4 heteroatoms. The molecule has 2 heterocycles. The van der Waals surface area contributed by atoms with Crippen LogP contribution in [0.5, 0.6) is 0 Å². The lowest BCUT2D eigenvalue weighted by atomic mass is 9.85. The van der Waals surface area contributed by atoms with Crippen LogP contribution in [0.1, 0.15) is 44.2 Å². The largest absolute Gasteiger partial charge is 0.376 e. The highest BCUT2D eigenvalue weighted by Crippen LogP contribution is 2.29. The van der Waals surface area contributed by atoms with Gasteiger partial charge in [-0.25, -0.2) is 4.98 Å². The smallest absolute Gasteiger partial charge is 0.0922 e. The molecule has 1 aromatic heterocycles. The van der Waals surface area contributed by atoms with E-state index in [1.807, 2.05) is 6.20 Å². The quantitative estimate of drug-likeness (QED) is 0.907. The Labute approximate surface area is 115 Å². The van der Waals surface area contributed by atoms with Gasteiger partial charge in [0.05, 0.1) is 19.0 Å². The van der Waals surface area contributed by atoms with Crippen LogP contribution in [-0.2, 0) is 11.3 Å². The Balaban J connectivity index is 1.47. The van der Waals surface area contributed by atoms with Gasteiger partial charge in [-0.1, -0.05) is 32.1 Å². The zero-order valence-electron chi connectivity index (χ0n) is 11.7. The number of nitrogens with one attached hydrogen (secondary N) is 1. The summed E-state index contributed by atoms with van der Waals surface area (Å²) in [5.74, 6) is 0.908. The van der Waals surface area contributed by atoms with Crippen molar-refractivity contribution in [3.05, 3.63) is 18.2 Å². The molecule has 2 fully saturated rings. The Morgan fingerprint density at radius 2 is 2.21 bits per heavy atom. The SMILES string of the molecule is c1ncc(CN2CCO[C@H](CC3CCCCC3)C2)[nH]1. The summed E-state index contributed by atoms with van der Waals surface area (Å²) in [5, 5.41) is 0. The number of nitrogens with zero attached hydrogens (tertiary/aromatic N) is 2. The standard InChI is InChI=1S/C15H25N3O/c1-2-4-13(5-3-1)8-15-11-18(6-7-19-15)10-14-9-16-12-17-14/h9,12-13,15H,1-8,10-11H2,(H,16,17)/t15-/m1/s1. The molecule has 1 aromatic rings. The van der Waals surface area contributed by atoms with Gasteiger partial charge in [-0.2, -0.15) is 0 Å². The third kappa shape index (κ3) is 3.80. The van der Waals surface area contributed by atoms with Crippen molar-refractivity contribution in [3.8, 4) is 0 Å². The fraction of sp³-hybridized carbons (Fsp3) is 0.800. The molecule has 0 spiro atoms. The van der Waals surface area contributed by atoms with Crippen LogP contribution in [0.4, 0.5) is 0 Å². The molecular formula is C15H25N3O. The minimum Gasteiger partial charge on any atom is -0.376 e. The second-order valence-electron chi connectivity index (χ2n) is 6.04. The summed E-state index contributed by atoms with van der Waals surface area (Å²) in [4.78, 5) is 9.76. The highest BCUT2D eigenvalue weighted by Gasteiger charge is 2.24. The molecule has 0 aromatic carbocycles. The number of hydrogen-bond acceptors (Lipinski definition) is 3. The van der Waals surface area contributed by atoms with E-state index in [2.05, 4.69) is 14.9 Å². The second-order valence-corrected chi connectivity index (χ2v) is 6.04. The summed E-state index contributed by atoms with van der Waals surface area (Å²) >= 11 is 0. The Morgan fingerprint density at radius 3 is 3.00 bits per heavy atom. The number of aromatic amines is 1. The van der Waals surface area contributed by atoms with Crippen molar-refractivity contribution in [3.63, 3.8) is 0 Å². The average Bonchev–Trinajstić information content (AvgIpc) is 2.93. The molecule has 2 aliphatic rings. The van der Waals surface area contributed by atoms with Gasteiger partial charge in [0.15, 0.2) is 0 Å². The van der Waals surface area contributed by atoms with Gasteiger partial charge < -0.3 is 9.72 Å². The maximum Gasteiger partial charge on any atom is 0.0922 e. The minimum absolute atomic E-state index is 0.444. The Bertz CT molecular complexity index is 359. The van der Waals surface area contributed by atoms with Gasteiger partial charge in [0.25, 0.3) is 0 Å². The highest BCUT2D eigenvalue weighted by molar-refractivity contribution is 4.94. The number of imidazole rings is 1. The third-order valence-corrected chi connectivity index (χ3v) is 4.49. The fourth-order valence-corrected chi connectivity index (χ4v) is 3.47. The van der Waals surface area contributed by atoms with Gasteiger partial charge >= 0.3 is 0 Å². The first-order chi connectivity index (χ1) is 9.40. The van der Waals surface area contributed by atoms with E-state index >= 15 is 0 Å². The van der Waals surface area contributed by atoms with Crippen molar-refractivity contribution in [2.24, 2.45) is 5.92 Å². The van der Waals surface area contributed by atoms with Crippen molar-refractivity contribution >= 4 is 0 Å². The molecule has 3 rings (SSSR count). The summed E-state index contributed by atoms with van der Waals surface area (Å²) in [6, 6.07) is 0. The molecule has 19 heavy (non-hydrogen) atoms. The molecule has 1 saturated heterocycles. The molecule has 1 atom stereocenters. The van der Waals surface area contributed by atoms with Crippen LogP contribution in [-0.4, -0.2) is 40.7 Å². The first kappa shape index (κ1) is 13.1. The number of morpholine rings is 1. The number of hydrogen-bond donors (Lipinski definition) is 1. The predicted octanol–water partition coefficient (Wildman–Crippen LogP) is 2.58.